The Morgan fingerprint density at radius 1 is 1.08 bits per heavy atom. The van der Waals surface area contributed by atoms with E-state index in [1.807, 2.05) is 6.07 Å². The summed E-state index contributed by atoms with van der Waals surface area (Å²) in [5.74, 6) is 4.87. The van der Waals surface area contributed by atoms with Crippen molar-refractivity contribution in [2.24, 2.45) is 0 Å². The average Bonchev–Trinajstić information content (AvgIpc) is 2.15. The molecule has 2 heteroatoms. The van der Waals surface area contributed by atoms with Crippen molar-refractivity contribution in [2.75, 3.05) is 0 Å². The Morgan fingerprint density at radius 3 is 2.50 bits per heavy atom. The minimum Gasteiger partial charge on any atom is -0.192 e. The molecular weight excluding hydrogens is 148 g/mol. The second-order valence-corrected chi connectivity index (χ2v) is 2.05. The highest BCUT2D eigenvalue weighted by Crippen LogP contribution is 2.01. The van der Waals surface area contributed by atoms with E-state index < -0.39 is 0 Å². The summed E-state index contributed by atoms with van der Waals surface area (Å²) in [4.78, 5) is 0. The van der Waals surface area contributed by atoms with Crippen molar-refractivity contribution >= 4 is 0 Å². The highest BCUT2D eigenvalue weighted by Gasteiger charge is 1.89. The van der Waals surface area contributed by atoms with Crippen LogP contribution >= 0.6 is 0 Å². The van der Waals surface area contributed by atoms with Crippen molar-refractivity contribution in [3.05, 3.63) is 35.4 Å². The van der Waals surface area contributed by atoms with Crippen LogP contribution in [0.4, 0.5) is 0 Å². The van der Waals surface area contributed by atoms with Crippen LogP contribution in [-0.2, 0) is 0 Å². The molecule has 1 aromatic rings. The lowest BCUT2D eigenvalue weighted by atomic mass is 10.1. The van der Waals surface area contributed by atoms with E-state index in [2.05, 4.69) is 11.8 Å². The van der Waals surface area contributed by atoms with E-state index in [1.165, 1.54) is 0 Å². The molecule has 0 atom stereocenters. The fourth-order valence-electron chi connectivity index (χ4n) is 0.767. The summed E-state index contributed by atoms with van der Waals surface area (Å²) < 4.78 is 0. The van der Waals surface area contributed by atoms with Gasteiger partial charge in [0, 0.05) is 11.5 Å². The van der Waals surface area contributed by atoms with E-state index in [4.69, 9.17) is 10.5 Å². The number of hydrogen-bond acceptors (Lipinski definition) is 2. The zero-order valence-electron chi connectivity index (χ0n) is 6.20. The van der Waals surface area contributed by atoms with Gasteiger partial charge in [0.2, 0.25) is 0 Å². The van der Waals surface area contributed by atoms with E-state index >= 15 is 0 Å². The number of benzene rings is 1. The Balaban J connectivity index is 3.06. The van der Waals surface area contributed by atoms with Crippen LogP contribution in [0.2, 0.25) is 0 Å². The number of hydrogen-bond donors (Lipinski definition) is 0. The number of nitrogens with zero attached hydrogens (tertiary/aromatic N) is 2. The van der Waals surface area contributed by atoms with E-state index in [1.54, 1.807) is 30.3 Å². The van der Waals surface area contributed by atoms with Gasteiger partial charge in [0.05, 0.1) is 11.6 Å². The second kappa shape index (κ2) is 3.81. The molecule has 0 fully saturated rings. The number of rotatable bonds is 0. The normalized spacial score (nSPS) is 7.17. The highest BCUT2D eigenvalue weighted by atomic mass is 14.2. The van der Waals surface area contributed by atoms with Crippen LogP contribution in [0, 0.1) is 34.5 Å². The summed E-state index contributed by atoms with van der Waals surface area (Å²) in [6, 6.07) is 10.5. The average molecular weight is 152 g/mol. The van der Waals surface area contributed by atoms with E-state index in [9.17, 15) is 0 Å². The maximum atomic E-state index is 8.52. The third-order valence-corrected chi connectivity index (χ3v) is 1.25. The van der Waals surface area contributed by atoms with Gasteiger partial charge >= 0.3 is 0 Å². The second-order valence-electron chi connectivity index (χ2n) is 2.05. The molecule has 1 aromatic carbocycles. The molecule has 0 saturated carbocycles. The first-order chi connectivity index (χ1) is 5.86. The molecule has 0 aliphatic carbocycles. The van der Waals surface area contributed by atoms with E-state index in [0.29, 0.717) is 11.1 Å². The summed E-state index contributed by atoms with van der Waals surface area (Å²) in [5.41, 5.74) is 1.25. The topological polar surface area (TPSA) is 47.6 Å². The van der Waals surface area contributed by atoms with Gasteiger partial charge < -0.3 is 0 Å². The maximum absolute atomic E-state index is 8.52. The van der Waals surface area contributed by atoms with Crippen molar-refractivity contribution in [3.63, 3.8) is 0 Å². The van der Waals surface area contributed by atoms with Gasteiger partial charge in [0.1, 0.15) is 0 Å². The molecule has 2 nitrogen and oxygen atoms in total. The molecule has 0 unspecified atom stereocenters. The van der Waals surface area contributed by atoms with E-state index in [-0.39, 0.29) is 0 Å². The Labute approximate surface area is 70.7 Å². The molecule has 0 spiro atoms. The standard InChI is InChI=1S/C10H4N2/c11-6-2-5-9-3-1-4-10(7-9)8-12/h1,3-4,7H. The molecule has 0 aliphatic rings. The first kappa shape index (κ1) is 7.86. The van der Waals surface area contributed by atoms with Crippen LogP contribution in [0.25, 0.3) is 0 Å². The van der Waals surface area contributed by atoms with Gasteiger partial charge in [-0.2, -0.15) is 10.5 Å². The molecule has 12 heavy (non-hydrogen) atoms. The molecule has 0 saturated heterocycles. The maximum Gasteiger partial charge on any atom is 0.152 e. The molecule has 0 bridgehead atoms. The zero-order chi connectivity index (χ0) is 8.81. The van der Waals surface area contributed by atoms with Gasteiger partial charge in [-0.3, -0.25) is 0 Å². The lowest BCUT2D eigenvalue weighted by Gasteiger charge is -1.88. The summed E-state index contributed by atoms with van der Waals surface area (Å²) in [6.07, 6.45) is 0. The van der Waals surface area contributed by atoms with Gasteiger partial charge in [-0.05, 0) is 18.2 Å². The Morgan fingerprint density at radius 2 is 1.83 bits per heavy atom. The van der Waals surface area contributed by atoms with Gasteiger partial charge in [-0.1, -0.05) is 12.0 Å². The molecular formula is C10H4N2. The van der Waals surface area contributed by atoms with Gasteiger partial charge in [-0.15, -0.1) is 0 Å². The van der Waals surface area contributed by atoms with E-state index in [0.717, 1.165) is 0 Å². The Bertz CT molecular complexity index is 422. The highest BCUT2D eigenvalue weighted by molar-refractivity contribution is 5.43. The van der Waals surface area contributed by atoms with Crippen LogP contribution < -0.4 is 0 Å². The SMILES string of the molecule is N#CC#Cc1cccc(C#N)c1. The predicted molar refractivity (Wildman–Crippen MR) is 43.6 cm³/mol. The summed E-state index contributed by atoms with van der Waals surface area (Å²) >= 11 is 0. The first-order valence-corrected chi connectivity index (χ1v) is 3.27. The van der Waals surface area contributed by atoms with Crippen LogP contribution in [-0.4, -0.2) is 0 Å². The third-order valence-electron chi connectivity index (χ3n) is 1.25. The van der Waals surface area contributed by atoms with Gasteiger partial charge in [0.15, 0.2) is 6.07 Å². The first-order valence-electron chi connectivity index (χ1n) is 3.27. The van der Waals surface area contributed by atoms with Crippen molar-refractivity contribution in [3.8, 4) is 24.0 Å². The summed E-state index contributed by atoms with van der Waals surface area (Å²) in [6.45, 7) is 0. The monoisotopic (exact) mass is 152 g/mol. The molecule has 0 heterocycles. The van der Waals surface area contributed by atoms with Crippen molar-refractivity contribution in [1.29, 1.82) is 10.5 Å². The fourth-order valence-corrected chi connectivity index (χ4v) is 0.767. The molecule has 1 rings (SSSR count). The minimum absolute atomic E-state index is 0.555. The molecule has 0 radical (unpaired) electrons. The fraction of sp³-hybridized carbons (Fsp3) is 0. The molecule has 0 aliphatic heterocycles. The van der Waals surface area contributed by atoms with Crippen LogP contribution in [0.5, 0.6) is 0 Å². The van der Waals surface area contributed by atoms with Crippen LogP contribution in [0.1, 0.15) is 11.1 Å². The number of nitriles is 2. The van der Waals surface area contributed by atoms with Crippen LogP contribution in [0.3, 0.4) is 0 Å². The lowest BCUT2D eigenvalue weighted by molar-refractivity contribution is 1.48. The van der Waals surface area contributed by atoms with Crippen molar-refractivity contribution in [2.45, 2.75) is 0 Å². The van der Waals surface area contributed by atoms with Gasteiger partial charge in [-0.25, -0.2) is 0 Å². The van der Waals surface area contributed by atoms with Crippen molar-refractivity contribution in [1.82, 2.24) is 0 Å². The summed E-state index contributed by atoms with van der Waals surface area (Å²) in [7, 11) is 0. The third kappa shape index (κ3) is 1.87. The molecule has 0 aromatic heterocycles. The van der Waals surface area contributed by atoms with Crippen LogP contribution in [0.15, 0.2) is 24.3 Å². The lowest BCUT2D eigenvalue weighted by Crippen LogP contribution is -1.76. The quantitative estimate of drug-likeness (QED) is 0.528. The minimum atomic E-state index is 0.555. The molecule has 54 valence electrons. The Kier molecular flexibility index (Phi) is 2.50. The molecule has 0 N–H and O–H groups in total. The zero-order valence-corrected chi connectivity index (χ0v) is 6.20. The smallest absolute Gasteiger partial charge is 0.152 e. The van der Waals surface area contributed by atoms with Gasteiger partial charge in [0.25, 0.3) is 0 Å². The largest absolute Gasteiger partial charge is 0.192 e. The molecule has 0 amide bonds. The van der Waals surface area contributed by atoms with Crippen molar-refractivity contribution < 1.29 is 0 Å². The Hall–Kier alpha value is -2.24. The predicted octanol–water partition coefficient (Wildman–Crippen LogP) is 1.43. The summed E-state index contributed by atoms with van der Waals surface area (Å²) in [5, 5.41) is 16.7.